The molecule has 3 rings (SSSR count). The number of hydrogen-bond donors (Lipinski definition) is 0. The lowest BCUT2D eigenvalue weighted by Crippen LogP contribution is -2.52. The molecule has 0 amide bonds. The van der Waals surface area contributed by atoms with Gasteiger partial charge >= 0.3 is 0 Å². The summed E-state index contributed by atoms with van der Waals surface area (Å²) in [6.07, 6.45) is 2.20. The van der Waals surface area contributed by atoms with Gasteiger partial charge in [-0.1, -0.05) is 71.6 Å². The summed E-state index contributed by atoms with van der Waals surface area (Å²) in [6, 6.07) is 17.3. The van der Waals surface area contributed by atoms with E-state index in [9.17, 15) is 0 Å². The molecule has 0 spiro atoms. The van der Waals surface area contributed by atoms with E-state index in [1.807, 2.05) is 0 Å². The number of aryl methyl sites for hydroxylation is 1. The highest BCUT2D eigenvalue weighted by atomic mass is 15.1. The summed E-state index contributed by atoms with van der Waals surface area (Å²) in [5, 5.41) is 0. The molecule has 1 nitrogen and oxygen atoms in total. The minimum Gasteiger partial charge on any atom is -0.346 e. The van der Waals surface area contributed by atoms with Crippen molar-refractivity contribution in [2.24, 2.45) is 0 Å². The number of benzene rings is 2. The molecule has 0 saturated carbocycles. The second-order valence-corrected chi connectivity index (χ2v) is 5.60. The van der Waals surface area contributed by atoms with Gasteiger partial charge in [0.1, 0.15) is 0 Å². The SMILES string of the molecule is C=C1/C(=C\C)B(c2ccccc2C)c2ccccc2N1C. The molecule has 2 aromatic rings. The van der Waals surface area contributed by atoms with Gasteiger partial charge < -0.3 is 4.90 Å². The van der Waals surface area contributed by atoms with Crippen LogP contribution >= 0.6 is 0 Å². The molecule has 0 bridgehead atoms. The van der Waals surface area contributed by atoms with Crippen molar-refractivity contribution < 1.29 is 0 Å². The predicted octanol–water partition coefficient (Wildman–Crippen LogP) is 3.05. The number of allylic oxidation sites excluding steroid dienone is 2. The topological polar surface area (TPSA) is 3.24 Å². The van der Waals surface area contributed by atoms with Gasteiger partial charge in [-0.05, 0) is 25.4 Å². The van der Waals surface area contributed by atoms with E-state index in [2.05, 4.69) is 87.0 Å². The van der Waals surface area contributed by atoms with E-state index in [0.29, 0.717) is 0 Å². The standard InChI is InChI=1S/C19H20BN/c1-5-16-15(3)21(4)19-13-9-8-12-18(19)20(16)17-11-7-6-10-14(17)2/h5-13H,3H2,1-2,4H3/b16-5+. The molecule has 0 atom stereocenters. The minimum absolute atomic E-state index is 0.274. The summed E-state index contributed by atoms with van der Waals surface area (Å²) in [5.41, 5.74) is 7.69. The van der Waals surface area contributed by atoms with Gasteiger partial charge in [0.05, 0.1) is 0 Å². The number of nitrogens with zero attached hydrogens (tertiary/aromatic N) is 1. The van der Waals surface area contributed by atoms with Gasteiger partial charge in [-0.2, -0.15) is 0 Å². The lowest BCUT2D eigenvalue weighted by molar-refractivity contribution is 1.13. The Kier molecular flexibility index (Phi) is 3.46. The van der Waals surface area contributed by atoms with E-state index in [1.54, 1.807) is 0 Å². The molecule has 2 aromatic carbocycles. The number of anilines is 1. The first-order valence-electron chi connectivity index (χ1n) is 7.38. The molecule has 21 heavy (non-hydrogen) atoms. The zero-order valence-corrected chi connectivity index (χ0v) is 12.9. The number of hydrogen-bond acceptors (Lipinski definition) is 1. The van der Waals surface area contributed by atoms with E-state index in [1.165, 1.54) is 27.6 Å². The maximum atomic E-state index is 4.31. The van der Waals surface area contributed by atoms with Crippen LogP contribution in [0, 0.1) is 6.92 Å². The maximum absolute atomic E-state index is 4.31. The van der Waals surface area contributed by atoms with Gasteiger partial charge in [-0.3, -0.25) is 0 Å². The van der Waals surface area contributed by atoms with Gasteiger partial charge in [0.25, 0.3) is 0 Å². The smallest absolute Gasteiger partial charge is 0.246 e. The summed E-state index contributed by atoms with van der Waals surface area (Å²) >= 11 is 0. The molecule has 0 aromatic heterocycles. The van der Waals surface area contributed by atoms with Crippen LogP contribution in [0.25, 0.3) is 0 Å². The van der Waals surface area contributed by atoms with Crippen molar-refractivity contribution in [2.75, 3.05) is 11.9 Å². The van der Waals surface area contributed by atoms with Gasteiger partial charge in [0, 0.05) is 18.4 Å². The number of likely N-dealkylation sites (N-methyl/N-ethyl adjacent to an activating group) is 1. The summed E-state index contributed by atoms with van der Waals surface area (Å²) in [5.74, 6) is 0. The normalized spacial score (nSPS) is 16.3. The molecule has 0 unspecified atom stereocenters. The Hall–Kier alpha value is -2.22. The van der Waals surface area contributed by atoms with Gasteiger partial charge in [0.2, 0.25) is 6.71 Å². The van der Waals surface area contributed by atoms with Gasteiger partial charge in [-0.15, -0.1) is 0 Å². The Bertz CT molecular complexity index is 730. The molecule has 0 fully saturated rings. The van der Waals surface area contributed by atoms with Crippen molar-refractivity contribution in [3.63, 3.8) is 0 Å². The third-order valence-electron chi connectivity index (χ3n) is 4.47. The van der Waals surface area contributed by atoms with E-state index >= 15 is 0 Å². The maximum Gasteiger partial charge on any atom is 0.246 e. The molecule has 0 radical (unpaired) electrons. The number of fused-ring (bicyclic) bond motifs is 1. The lowest BCUT2D eigenvalue weighted by Gasteiger charge is -2.36. The highest BCUT2D eigenvalue weighted by molar-refractivity contribution is 6.93. The minimum atomic E-state index is 0.274. The Labute approximate surface area is 127 Å². The van der Waals surface area contributed by atoms with E-state index in [-0.39, 0.29) is 6.71 Å². The van der Waals surface area contributed by atoms with Gasteiger partial charge in [-0.25, -0.2) is 0 Å². The first kappa shape index (κ1) is 13.8. The molecular weight excluding hydrogens is 253 g/mol. The van der Waals surface area contributed by atoms with E-state index < -0.39 is 0 Å². The van der Waals surface area contributed by atoms with Crippen LogP contribution in [0.5, 0.6) is 0 Å². The molecule has 1 heterocycles. The number of rotatable bonds is 1. The van der Waals surface area contributed by atoms with E-state index in [4.69, 9.17) is 0 Å². The summed E-state index contributed by atoms with van der Waals surface area (Å²) < 4.78 is 0. The lowest BCUT2D eigenvalue weighted by atomic mass is 9.33. The quantitative estimate of drug-likeness (QED) is 0.722. The van der Waals surface area contributed by atoms with Crippen LogP contribution in [0.2, 0.25) is 0 Å². The highest BCUT2D eigenvalue weighted by Gasteiger charge is 2.34. The third kappa shape index (κ3) is 2.11. The third-order valence-corrected chi connectivity index (χ3v) is 4.47. The zero-order valence-electron chi connectivity index (χ0n) is 12.9. The Morgan fingerprint density at radius 1 is 1.00 bits per heavy atom. The zero-order chi connectivity index (χ0) is 15.0. The monoisotopic (exact) mass is 273 g/mol. The molecular formula is C19H20BN. The van der Waals surface area contributed by atoms with Gasteiger partial charge in [0.15, 0.2) is 0 Å². The molecule has 0 aliphatic carbocycles. The first-order chi connectivity index (χ1) is 10.1. The fourth-order valence-corrected chi connectivity index (χ4v) is 3.29. The average Bonchev–Trinajstić information content (AvgIpc) is 2.51. The first-order valence-corrected chi connectivity index (χ1v) is 7.38. The fraction of sp³-hybridized carbons (Fsp3) is 0.158. The Balaban J connectivity index is 2.29. The van der Waals surface area contributed by atoms with Crippen LogP contribution in [0.4, 0.5) is 5.69 Å². The average molecular weight is 273 g/mol. The second kappa shape index (κ2) is 5.29. The van der Waals surface area contributed by atoms with Crippen LogP contribution in [0.15, 0.2) is 72.4 Å². The van der Waals surface area contributed by atoms with Crippen molar-refractivity contribution in [1.29, 1.82) is 0 Å². The van der Waals surface area contributed by atoms with Crippen molar-refractivity contribution in [2.45, 2.75) is 13.8 Å². The van der Waals surface area contributed by atoms with Crippen molar-refractivity contribution in [3.8, 4) is 0 Å². The van der Waals surface area contributed by atoms with Crippen molar-refractivity contribution in [3.05, 3.63) is 77.9 Å². The predicted molar refractivity (Wildman–Crippen MR) is 93.9 cm³/mol. The molecule has 104 valence electrons. The Morgan fingerprint density at radius 3 is 2.29 bits per heavy atom. The van der Waals surface area contributed by atoms with E-state index in [0.717, 1.165) is 5.70 Å². The van der Waals surface area contributed by atoms with Crippen LogP contribution < -0.4 is 15.8 Å². The van der Waals surface area contributed by atoms with Crippen LogP contribution in [-0.2, 0) is 0 Å². The molecule has 2 heteroatoms. The van der Waals surface area contributed by atoms with Crippen LogP contribution in [0.3, 0.4) is 0 Å². The summed E-state index contributed by atoms with van der Waals surface area (Å²) in [4.78, 5) is 2.19. The second-order valence-electron chi connectivity index (χ2n) is 5.60. The highest BCUT2D eigenvalue weighted by Crippen LogP contribution is 2.28. The van der Waals surface area contributed by atoms with Crippen molar-refractivity contribution in [1.82, 2.24) is 0 Å². The van der Waals surface area contributed by atoms with Crippen LogP contribution in [-0.4, -0.2) is 13.8 Å². The largest absolute Gasteiger partial charge is 0.346 e. The molecule has 1 aliphatic rings. The fourth-order valence-electron chi connectivity index (χ4n) is 3.29. The number of para-hydroxylation sites is 1. The molecule has 0 N–H and O–H groups in total. The summed E-state index contributed by atoms with van der Waals surface area (Å²) in [7, 11) is 2.10. The summed E-state index contributed by atoms with van der Waals surface area (Å²) in [6.45, 7) is 8.88. The Morgan fingerprint density at radius 2 is 1.62 bits per heavy atom. The molecule has 0 saturated heterocycles. The van der Waals surface area contributed by atoms with Crippen LogP contribution in [0.1, 0.15) is 12.5 Å². The van der Waals surface area contributed by atoms with Crippen molar-refractivity contribution >= 4 is 23.3 Å². The molecule has 1 aliphatic heterocycles.